The highest BCUT2D eigenvalue weighted by atomic mass is 35.5. The van der Waals surface area contributed by atoms with Gasteiger partial charge in [0, 0.05) is 18.7 Å². The topological polar surface area (TPSA) is 30.5 Å². The fourth-order valence-corrected chi connectivity index (χ4v) is 2.91. The molecule has 0 amide bonds. The molecule has 148 valence electrons. The molecule has 1 N–H and O–H groups in total. The van der Waals surface area contributed by atoms with Gasteiger partial charge in [0.2, 0.25) is 0 Å². The van der Waals surface area contributed by atoms with Gasteiger partial charge in [-0.15, -0.1) is 12.4 Å². The molecule has 3 nitrogen and oxygen atoms in total. The minimum Gasteiger partial charge on any atom is -0.490 e. The first-order valence-corrected chi connectivity index (χ1v) is 9.44. The third-order valence-corrected chi connectivity index (χ3v) is 4.35. The van der Waals surface area contributed by atoms with Gasteiger partial charge in [-0.2, -0.15) is 0 Å². The maximum absolute atomic E-state index is 6.16. The average molecular weight is 398 g/mol. The Morgan fingerprint density at radius 3 is 2.21 bits per heavy atom. The quantitative estimate of drug-likeness (QED) is 0.503. The Bertz CT molecular complexity index is 835. The van der Waals surface area contributed by atoms with Gasteiger partial charge in [0.05, 0.1) is 6.61 Å². The van der Waals surface area contributed by atoms with Gasteiger partial charge in [0.15, 0.2) is 11.5 Å². The Labute approximate surface area is 174 Å². The lowest BCUT2D eigenvalue weighted by molar-refractivity contribution is 0.266. The predicted octanol–water partition coefficient (Wildman–Crippen LogP) is 5.68. The second kappa shape index (κ2) is 11.4. The van der Waals surface area contributed by atoms with Crippen LogP contribution in [0.25, 0.3) is 0 Å². The lowest BCUT2D eigenvalue weighted by Crippen LogP contribution is -2.14. The number of ether oxygens (including phenoxy) is 2. The first-order valence-electron chi connectivity index (χ1n) is 9.44. The molecule has 28 heavy (non-hydrogen) atoms. The zero-order valence-corrected chi connectivity index (χ0v) is 17.3. The maximum Gasteiger partial charge on any atom is 0.166 e. The van der Waals surface area contributed by atoms with Crippen molar-refractivity contribution in [1.29, 1.82) is 0 Å². The molecule has 3 aromatic carbocycles. The van der Waals surface area contributed by atoms with E-state index in [1.54, 1.807) is 0 Å². The van der Waals surface area contributed by atoms with E-state index in [4.69, 9.17) is 9.47 Å². The fourth-order valence-electron chi connectivity index (χ4n) is 2.91. The molecule has 0 aliphatic carbocycles. The Morgan fingerprint density at radius 2 is 1.50 bits per heavy atom. The summed E-state index contributed by atoms with van der Waals surface area (Å²) in [5.74, 6) is 1.61. The van der Waals surface area contributed by atoms with Crippen molar-refractivity contribution in [2.75, 3.05) is 6.61 Å². The summed E-state index contributed by atoms with van der Waals surface area (Å²) in [6.07, 6.45) is 0. The summed E-state index contributed by atoms with van der Waals surface area (Å²) in [5.41, 5.74) is 4.79. The van der Waals surface area contributed by atoms with E-state index in [1.807, 2.05) is 37.3 Å². The molecule has 0 atom stereocenters. The van der Waals surface area contributed by atoms with E-state index in [0.29, 0.717) is 13.2 Å². The lowest BCUT2D eigenvalue weighted by atomic mass is 10.1. The summed E-state index contributed by atoms with van der Waals surface area (Å²) in [4.78, 5) is 0. The first kappa shape index (κ1) is 21.8. The standard InChI is InChI=1S/C24H27NO2.ClH/c1-3-26-23-11-7-10-22(17-25-16-20-14-12-19(2)13-15-20)24(23)27-18-21-8-5-4-6-9-21;/h4-15,25H,3,16-18H2,1-2H3;1H. The number of benzene rings is 3. The van der Waals surface area contributed by atoms with Crippen LogP contribution in [0, 0.1) is 6.92 Å². The van der Waals surface area contributed by atoms with Crippen LogP contribution < -0.4 is 14.8 Å². The van der Waals surface area contributed by atoms with Crippen molar-refractivity contribution in [3.63, 3.8) is 0 Å². The van der Waals surface area contributed by atoms with E-state index in [9.17, 15) is 0 Å². The fraction of sp³-hybridized carbons (Fsp3) is 0.250. The molecule has 0 fully saturated rings. The van der Waals surface area contributed by atoms with Gasteiger partial charge >= 0.3 is 0 Å². The summed E-state index contributed by atoms with van der Waals surface area (Å²) in [7, 11) is 0. The van der Waals surface area contributed by atoms with Crippen LogP contribution in [0.5, 0.6) is 11.5 Å². The van der Waals surface area contributed by atoms with Crippen LogP contribution in [-0.4, -0.2) is 6.61 Å². The molecule has 0 unspecified atom stereocenters. The van der Waals surface area contributed by atoms with E-state index < -0.39 is 0 Å². The van der Waals surface area contributed by atoms with E-state index >= 15 is 0 Å². The van der Waals surface area contributed by atoms with Gasteiger partial charge < -0.3 is 14.8 Å². The molecule has 0 saturated carbocycles. The van der Waals surface area contributed by atoms with Crippen molar-refractivity contribution in [3.05, 3.63) is 95.1 Å². The van der Waals surface area contributed by atoms with Gasteiger partial charge in [-0.05, 0) is 31.0 Å². The van der Waals surface area contributed by atoms with Crippen LogP contribution in [-0.2, 0) is 19.7 Å². The van der Waals surface area contributed by atoms with Gasteiger partial charge in [0.1, 0.15) is 6.61 Å². The van der Waals surface area contributed by atoms with Gasteiger partial charge in [-0.25, -0.2) is 0 Å². The van der Waals surface area contributed by atoms with E-state index in [2.05, 4.69) is 54.7 Å². The van der Waals surface area contributed by atoms with Gasteiger partial charge in [-0.1, -0.05) is 72.3 Å². The zero-order valence-electron chi connectivity index (χ0n) is 16.5. The van der Waals surface area contributed by atoms with Crippen LogP contribution in [0.1, 0.15) is 29.2 Å². The van der Waals surface area contributed by atoms with Gasteiger partial charge in [0.25, 0.3) is 0 Å². The Hall–Kier alpha value is -2.49. The Morgan fingerprint density at radius 1 is 0.750 bits per heavy atom. The number of aryl methyl sites for hydroxylation is 1. The summed E-state index contributed by atoms with van der Waals surface area (Å²) >= 11 is 0. The summed E-state index contributed by atoms with van der Waals surface area (Å²) < 4.78 is 12.0. The van der Waals surface area contributed by atoms with Crippen LogP contribution in [0.3, 0.4) is 0 Å². The van der Waals surface area contributed by atoms with Crippen LogP contribution >= 0.6 is 12.4 Å². The van der Waals surface area contributed by atoms with Crippen LogP contribution in [0.15, 0.2) is 72.8 Å². The molecule has 0 heterocycles. The number of halogens is 1. The summed E-state index contributed by atoms with van der Waals surface area (Å²) in [5, 5.41) is 3.51. The smallest absolute Gasteiger partial charge is 0.166 e. The number of hydrogen-bond acceptors (Lipinski definition) is 3. The molecule has 0 bridgehead atoms. The highest BCUT2D eigenvalue weighted by Gasteiger charge is 2.11. The first-order chi connectivity index (χ1) is 13.3. The molecule has 0 radical (unpaired) electrons. The molecule has 0 aliphatic heterocycles. The molecule has 4 heteroatoms. The van der Waals surface area contributed by atoms with Gasteiger partial charge in [-0.3, -0.25) is 0 Å². The second-order valence-corrected chi connectivity index (χ2v) is 6.54. The lowest BCUT2D eigenvalue weighted by Gasteiger charge is -2.16. The average Bonchev–Trinajstić information content (AvgIpc) is 2.70. The summed E-state index contributed by atoms with van der Waals surface area (Å²) in [6, 6.07) is 24.9. The molecule has 0 aromatic heterocycles. The van der Waals surface area contributed by atoms with Crippen molar-refractivity contribution in [2.24, 2.45) is 0 Å². The predicted molar refractivity (Wildman–Crippen MR) is 117 cm³/mol. The highest BCUT2D eigenvalue weighted by Crippen LogP contribution is 2.32. The van der Waals surface area contributed by atoms with Crippen molar-refractivity contribution in [1.82, 2.24) is 5.32 Å². The van der Waals surface area contributed by atoms with E-state index in [-0.39, 0.29) is 12.4 Å². The SMILES string of the molecule is CCOc1cccc(CNCc2ccc(C)cc2)c1OCc1ccccc1.Cl. The molecular weight excluding hydrogens is 370 g/mol. The molecule has 3 rings (SSSR count). The normalized spacial score (nSPS) is 10.2. The molecule has 0 spiro atoms. The van der Waals surface area contributed by atoms with E-state index in [0.717, 1.165) is 35.7 Å². The number of para-hydroxylation sites is 1. The number of hydrogen-bond donors (Lipinski definition) is 1. The second-order valence-electron chi connectivity index (χ2n) is 6.54. The zero-order chi connectivity index (χ0) is 18.9. The number of rotatable bonds is 9. The minimum atomic E-state index is 0. The molecule has 3 aromatic rings. The van der Waals surface area contributed by atoms with E-state index in [1.165, 1.54) is 11.1 Å². The summed E-state index contributed by atoms with van der Waals surface area (Å²) in [6.45, 7) is 6.77. The van der Waals surface area contributed by atoms with Crippen molar-refractivity contribution >= 4 is 12.4 Å². The maximum atomic E-state index is 6.16. The Kier molecular flexibility index (Phi) is 8.86. The highest BCUT2D eigenvalue weighted by molar-refractivity contribution is 5.85. The third-order valence-electron chi connectivity index (χ3n) is 4.35. The Balaban J connectivity index is 0.00000280. The molecule has 0 saturated heterocycles. The third kappa shape index (κ3) is 6.29. The van der Waals surface area contributed by atoms with Crippen molar-refractivity contribution in [2.45, 2.75) is 33.5 Å². The molecule has 0 aliphatic rings. The van der Waals surface area contributed by atoms with Crippen molar-refractivity contribution in [3.8, 4) is 11.5 Å². The van der Waals surface area contributed by atoms with Crippen molar-refractivity contribution < 1.29 is 9.47 Å². The molecular formula is C24H28ClNO2. The van der Waals surface area contributed by atoms with Crippen LogP contribution in [0.4, 0.5) is 0 Å². The minimum absolute atomic E-state index is 0. The number of nitrogens with one attached hydrogen (secondary N) is 1. The largest absolute Gasteiger partial charge is 0.490 e. The monoisotopic (exact) mass is 397 g/mol. The van der Waals surface area contributed by atoms with Crippen LogP contribution in [0.2, 0.25) is 0 Å².